The van der Waals surface area contributed by atoms with E-state index < -0.39 is 11.6 Å². The molecule has 1 saturated heterocycles. The Labute approximate surface area is 198 Å². The van der Waals surface area contributed by atoms with E-state index in [0.717, 1.165) is 33.5 Å². The van der Waals surface area contributed by atoms with Crippen LogP contribution in [0.1, 0.15) is 36.7 Å². The molecule has 2 atom stereocenters. The summed E-state index contributed by atoms with van der Waals surface area (Å²) in [4.78, 5) is 34.0. The van der Waals surface area contributed by atoms with Gasteiger partial charge in [0.25, 0.3) is 5.91 Å². The molecule has 3 N–H and O–H groups in total. The molecule has 3 amide bonds. The third-order valence-corrected chi connectivity index (χ3v) is 6.86. The lowest BCUT2D eigenvalue weighted by atomic mass is 9.81. The number of imide groups is 1. The SMILES string of the molecule is CCOc1ccc2[nH]c3c(c2c1)C[C@@]1(C)C(=O)N(CCNCCO)C(=O)N1[C@@H]3c1ccccc1. The van der Waals surface area contributed by atoms with Gasteiger partial charge in [-0.3, -0.25) is 14.6 Å². The Hall–Kier alpha value is -3.36. The zero-order valence-corrected chi connectivity index (χ0v) is 19.5. The second kappa shape index (κ2) is 8.77. The van der Waals surface area contributed by atoms with Crippen LogP contribution >= 0.6 is 0 Å². The predicted molar refractivity (Wildman–Crippen MR) is 129 cm³/mol. The number of aromatic amines is 1. The summed E-state index contributed by atoms with van der Waals surface area (Å²) in [6.45, 7) is 5.52. The second-order valence-corrected chi connectivity index (χ2v) is 9.00. The summed E-state index contributed by atoms with van der Waals surface area (Å²) in [7, 11) is 0. The molecule has 3 aromatic rings. The van der Waals surface area contributed by atoms with E-state index >= 15 is 0 Å². The lowest BCUT2D eigenvalue weighted by molar-refractivity contribution is -0.133. The number of carbonyl (C=O) groups excluding carboxylic acids is 2. The maximum atomic E-state index is 13.7. The lowest BCUT2D eigenvalue weighted by Gasteiger charge is -2.42. The van der Waals surface area contributed by atoms with Crippen molar-refractivity contribution in [2.24, 2.45) is 0 Å². The van der Waals surface area contributed by atoms with E-state index in [0.29, 0.717) is 26.1 Å². The third kappa shape index (κ3) is 3.45. The molecule has 2 aromatic carbocycles. The minimum Gasteiger partial charge on any atom is -0.494 e. The Morgan fingerprint density at radius 1 is 1.18 bits per heavy atom. The van der Waals surface area contributed by atoms with Crippen LogP contribution in [0.25, 0.3) is 10.9 Å². The van der Waals surface area contributed by atoms with Gasteiger partial charge in [0, 0.05) is 42.7 Å². The molecule has 2 aliphatic rings. The third-order valence-electron chi connectivity index (χ3n) is 6.86. The van der Waals surface area contributed by atoms with E-state index in [-0.39, 0.29) is 25.1 Å². The normalized spacial score (nSPS) is 21.8. The van der Waals surface area contributed by atoms with Crippen molar-refractivity contribution in [3.8, 4) is 5.75 Å². The lowest BCUT2D eigenvalue weighted by Crippen LogP contribution is -2.53. The molecule has 2 aliphatic heterocycles. The van der Waals surface area contributed by atoms with Gasteiger partial charge in [-0.05, 0) is 43.2 Å². The number of carbonyl (C=O) groups is 2. The first-order valence-corrected chi connectivity index (χ1v) is 11.8. The number of urea groups is 1. The molecule has 34 heavy (non-hydrogen) atoms. The summed E-state index contributed by atoms with van der Waals surface area (Å²) < 4.78 is 5.74. The Kier molecular flexibility index (Phi) is 5.79. The van der Waals surface area contributed by atoms with Gasteiger partial charge in [0.15, 0.2) is 0 Å². The molecule has 8 nitrogen and oxygen atoms in total. The fraction of sp³-hybridized carbons (Fsp3) is 0.385. The number of benzene rings is 2. The monoisotopic (exact) mass is 462 g/mol. The zero-order chi connectivity index (χ0) is 23.9. The van der Waals surface area contributed by atoms with Crippen molar-refractivity contribution in [1.82, 2.24) is 20.1 Å². The quantitative estimate of drug-likeness (QED) is 0.353. The van der Waals surface area contributed by atoms with Crippen molar-refractivity contribution >= 4 is 22.8 Å². The summed E-state index contributed by atoms with van der Waals surface area (Å²) in [5.74, 6) is 0.594. The maximum Gasteiger partial charge on any atom is 0.328 e. The number of amides is 3. The maximum absolute atomic E-state index is 13.7. The summed E-state index contributed by atoms with van der Waals surface area (Å²) in [6, 6.07) is 15.1. The number of aliphatic hydroxyl groups is 1. The first kappa shape index (κ1) is 22.4. The summed E-state index contributed by atoms with van der Waals surface area (Å²) >= 11 is 0. The molecule has 0 saturated carbocycles. The average Bonchev–Trinajstić information content (AvgIpc) is 3.28. The number of H-pyrrole nitrogens is 1. The Morgan fingerprint density at radius 2 is 1.97 bits per heavy atom. The van der Waals surface area contributed by atoms with Crippen LogP contribution in [0.3, 0.4) is 0 Å². The standard InChI is InChI=1S/C26H30N4O4/c1-3-34-18-9-10-21-19(15-18)20-16-26(2)24(32)29(13-11-27-12-14-31)25(33)30(26)23(22(20)28-21)17-7-5-4-6-8-17/h4-10,15,23,27-28,31H,3,11-14,16H2,1-2H3/t23-,26+/m1/s1. The molecule has 178 valence electrons. The molecule has 8 heteroatoms. The fourth-order valence-electron chi connectivity index (χ4n) is 5.32. The first-order valence-electron chi connectivity index (χ1n) is 11.8. The number of aliphatic hydroxyl groups excluding tert-OH is 1. The molecule has 5 rings (SSSR count). The number of hydrogen-bond acceptors (Lipinski definition) is 5. The van der Waals surface area contributed by atoms with E-state index in [1.807, 2.05) is 62.4 Å². The number of nitrogens with one attached hydrogen (secondary N) is 2. The molecule has 0 radical (unpaired) electrons. The Bertz CT molecular complexity index is 1220. The minimum absolute atomic E-state index is 0.00721. The van der Waals surface area contributed by atoms with Crippen LogP contribution in [-0.2, 0) is 11.2 Å². The number of aromatic nitrogens is 1. The average molecular weight is 463 g/mol. The molecule has 3 heterocycles. The Balaban J connectivity index is 1.62. The van der Waals surface area contributed by atoms with Crippen molar-refractivity contribution in [2.45, 2.75) is 31.8 Å². The van der Waals surface area contributed by atoms with Gasteiger partial charge in [-0.15, -0.1) is 0 Å². The van der Waals surface area contributed by atoms with Gasteiger partial charge >= 0.3 is 6.03 Å². The van der Waals surface area contributed by atoms with E-state index in [2.05, 4.69) is 10.3 Å². The fourth-order valence-corrected chi connectivity index (χ4v) is 5.32. The van der Waals surface area contributed by atoms with Gasteiger partial charge in [-0.2, -0.15) is 0 Å². The van der Waals surface area contributed by atoms with Gasteiger partial charge in [-0.1, -0.05) is 30.3 Å². The highest BCUT2D eigenvalue weighted by atomic mass is 16.5. The molecule has 0 unspecified atom stereocenters. The van der Waals surface area contributed by atoms with E-state index in [1.54, 1.807) is 4.90 Å². The van der Waals surface area contributed by atoms with Crippen LogP contribution in [-0.4, -0.2) is 70.2 Å². The zero-order valence-electron chi connectivity index (χ0n) is 19.5. The van der Waals surface area contributed by atoms with Crippen molar-refractivity contribution in [1.29, 1.82) is 0 Å². The van der Waals surface area contributed by atoms with Crippen molar-refractivity contribution in [3.05, 3.63) is 65.4 Å². The number of rotatable bonds is 8. The highest BCUT2D eigenvalue weighted by Crippen LogP contribution is 2.48. The van der Waals surface area contributed by atoms with Crippen LogP contribution in [0.5, 0.6) is 5.75 Å². The highest BCUT2D eigenvalue weighted by Gasteiger charge is 2.59. The van der Waals surface area contributed by atoms with Gasteiger partial charge in [0.2, 0.25) is 0 Å². The van der Waals surface area contributed by atoms with E-state index in [4.69, 9.17) is 9.84 Å². The minimum atomic E-state index is -1.00. The van der Waals surface area contributed by atoms with Gasteiger partial charge in [-0.25, -0.2) is 4.79 Å². The Morgan fingerprint density at radius 3 is 2.71 bits per heavy atom. The molecular weight excluding hydrogens is 432 g/mol. The van der Waals surface area contributed by atoms with Crippen molar-refractivity contribution < 1.29 is 19.4 Å². The van der Waals surface area contributed by atoms with E-state index in [9.17, 15) is 9.59 Å². The molecule has 1 aromatic heterocycles. The highest BCUT2D eigenvalue weighted by molar-refractivity contribution is 6.08. The van der Waals surface area contributed by atoms with E-state index in [1.165, 1.54) is 4.90 Å². The molecule has 0 bridgehead atoms. The van der Waals surface area contributed by atoms with Crippen LogP contribution in [0, 0.1) is 0 Å². The van der Waals surface area contributed by atoms with Crippen LogP contribution in [0.15, 0.2) is 48.5 Å². The largest absolute Gasteiger partial charge is 0.494 e. The van der Waals surface area contributed by atoms with Gasteiger partial charge in [0.1, 0.15) is 17.3 Å². The number of nitrogens with zero attached hydrogens (tertiary/aromatic N) is 2. The van der Waals surface area contributed by atoms with Crippen molar-refractivity contribution in [3.63, 3.8) is 0 Å². The number of ether oxygens (including phenoxy) is 1. The number of fused-ring (bicyclic) bond motifs is 4. The van der Waals surface area contributed by atoms with Crippen LogP contribution in [0.2, 0.25) is 0 Å². The predicted octanol–water partition coefficient (Wildman–Crippen LogP) is 2.82. The van der Waals surface area contributed by atoms with Gasteiger partial charge < -0.3 is 20.1 Å². The summed E-state index contributed by atoms with van der Waals surface area (Å²) in [6.07, 6.45) is 0.423. The molecule has 0 aliphatic carbocycles. The molecule has 0 spiro atoms. The number of hydrogen-bond donors (Lipinski definition) is 3. The molecule has 1 fully saturated rings. The first-order chi connectivity index (χ1) is 16.5. The molecular formula is C26H30N4O4. The summed E-state index contributed by atoms with van der Waals surface area (Å²) in [5, 5.41) is 13.1. The second-order valence-electron chi connectivity index (χ2n) is 9.00. The van der Waals surface area contributed by atoms with Crippen molar-refractivity contribution in [2.75, 3.05) is 32.8 Å². The summed E-state index contributed by atoms with van der Waals surface area (Å²) in [5.41, 5.74) is 2.90. The van der Waals surface area contributed by atoms with Gasteiger partial charge in [0.05, 0.1) is 13.2 Å². The van der Waals surface area contributed by atoms with Crippen LogP contribution in [0.4, 0.5) is 4.79 Å². The smallest absolute Gasteiger partial charge is 0.328 e. The van der Waals surface area contributed by atoms with Crippen LogP contribution < -0.4 is 10.1 Å². The topological polar surface area (TPSA) is 97.9 Å².